The molecular formula is C30H36N4O3. The van der Waals surface area contributed by atoms with E-state index in [0.29, 0.717) is 56.9 Å². The molecule has 1 aliphatic heterocycles. The molecule has 1 aliphatic carbocycles. The summed E-state index contributed by atoms with van der Waals surface area (Å²) < 4.78 is 5.70. The van der Waals surface area contributed by atoms with Crippen LogP contribution >= 0.6 is 0 Å². The van der Waals surface area contributed by atoms with Crippen LogP contribution in [0.3, 0.4) is 0 Å². The van der Waals surface area contributed by atoms with Crippen molar-refractivity contribution in [3.8, 4) is 0 Å². The molecule has 2 fully saturated rings. The molecule has 37 heavy (non-hydrogen) atoms. The quantitative estimate of drug-likeness (QED) is 0.531. The monoisotopic (exact) mass is 500 g/mol. The smallest absolute Gasteiger partial charge is 0.229 e. The number of rotatable bonds is 6. The predicted molar refractivity (Wildman–Crippen MR) is 141 cm³/mol. The molecule has 7 heteroatoms. The average Bonchev–Trinajstić information content (AvgIpc) is 3.57. The van der Waals surface area contributed by atoms with Crippen LogP contribution in [-0.2, 0) is 22.4 Å². The molecule has 0 spiro atoms. The second-order valence-electron chi connectivity index (χ2n) is 10.3. The summed E-state index contributed by atoms with van der Waals surface area (Å²) in [6.45, 7) is 1.38. The van der Waals surface area contributed by atoms with E-state index in [1.807, 2.05) is 53.4 Å². The molecule has 1 saturated heterocycles. The summed E-state index contributed by atoms with van der Waals surface area (Å²) in [5.41, 5.74) is 2.28. The van der Waals surface area contributed by atoms with Gasteiger partial charge in [0.15, 0.2) is 5.82 Å². The van der Waals surface area contributed by atoms with Gasteiger partial charge >= 0.3 is 0 Å². The Morgan fingerprint density at radius 2 is 1.68 bits per heavy atom. The van der Waals surface area contributed by atoms with Crippen molar-refractivity contribution in [3.63, 3.8) is 0 Å². The van der Waals surface area contributed by atoms with Crippen molar-refractivity contribution in [1.82, 2.24) is 20.4 Å². The maximum Gasteiger partial charge on any atom is 0.229 e. The van der Waals surface area contributed by atoms with Crippen molar-refractivity contribution in [2.75, 3.05) is 13.1 Å². The Kier molecular flexibility index (Phi) is 8.28. The van der Waals surface area contributed by atoms with Crippen LogP contribution < -0.4 is 5.32 Å². The summed E-state index contributed by atoms with van der Waals surface area (Å²) in [5.74, 6) is 1.09. The lowest BCUT2D eigenvalue weighted by Crippen LogP contribution is -2.47. The highest BCUT2D eigenvalue weighted by Gasteiger charge is 2.45. The van der Waals surface area contributed by atoms with Gasteiger partial charge in [-0.05, 0) is 43.2 Å². The van der Waals surface area contributed by atoms with Gasteiger partial charge in [-0.1, -0.05) is 78.7 Å². The minimum atomic E-state index is -0.270. The lowest BCUT2D eigenvalue weighted by atomic mass is 9.99. The molecule has 3 unspecified atom stereocenters. The topological polar surface area (TPSA) is 88.3 Å². The van der Waals surface area contributed by atoms with Crippen LogP contribution in [0.1, 0.15) is 73.7 Å². The van der Waals surface area contributed by atoms with E-state index in [4.69, 9.17) is 9.51 Å². The molecule has 1 aromatic heterocycles. The van der Waals surface area contributed by atoms with Gasteiger partial charge in [0.05, 0.1) is 5.92 Å². The number of carbonyl (C=O) groups is 2. The Labute approximate surface area is 218 Å². The van der Waals surface area contributed by atoms with E-state index in [9.17, 15) is 9.59 Å². The molecule has 0 bridgehead atoms. The molecule has 2 amide bonds. The number of amides is 2. The summed E-state index contributed by atoms with van der Waals surface area (Å²) in [4.78, 5) is 33.5. The molecule has 0 radical (unpaired) electrons. The molecule has 3 aromatic rings. The lowest BCUT2D eigenvalue weighted by molar-refractivity contribution is -0.136. The highest BCUT2D eigenvalue weighted by molar-refractivity contribution is 5.82. The SMILES string of the molecule is O=C1NCCCCCCN(C(=O)CCc2ccccc2)C2CC(c3nc(Cc4ccccc4)no3)CC12. The van der Waals surface area contributed by atoms with Gasteiger partial charge in [0.1, 0.15) is 0 Å². The molecule has 194 valence electrons. The van der Waals surface area contributed by atoms with Gasteiger partial charge in [-0.3, -0.25) is 9.59 Å². The van der Waals surface area contributed by atoms with Gasteiger partial charge in [0.2, 0.25) is 17.7 Å². The molecule has 2 heterocycles. The third kappa shape index (κ3) is 6.45. The first kappa shape index (κ1) is 25.2. The summed E-state index contributed by atoms with van der Waals surface area (Å²) in [6.07, 6.45) is 7.10. The van der Waals surface area contributed by atoms with Crippen LogP contribution in [0.2, 0.25) is 0 Å². The maximum absolute atomic E-state index is 13.6. The van der Waals surface area contributed by atoms with Crippen molar-refractivity contribution < 1.29 is 14.1 Å². The average molecular weight is 501 g/mol. The standard InChI is InChI=1S/C30H36N4O3/c35-28(16-15-22-11-5-3-6-12-22)34-18-10-2-1-9-17-31-29(36)25-20-24(21-26(25)34)30-32-27(33-37-30)19-23-13-7-4-8-14-23/h3-8,11-14,24-26H,1-2,9-10,15-21H2,(H,31,36). The van der Waals surface area contributed by atoms with Gasteiger partial charge in [0, 0.05) is 37.9 Å². The lowest BCUT2D eigenvalue weighted by Gasteiger charge is -2.33. The minimum absolute atomic E-state index is 0.0369. The van der Waals surface area contributed by atoms with Crippen LogP contribution in [0.15, 0.2) is 65.2 Å². The number of nitrogens with one attached hydrogen (secondary N) is 1. The zero-order chi connectivity index (χ0) is 25.5. The van der Waals surface area contributed by atoms with Gasteiger partial charge in [-0.25, -0.2) is 0 Å². The Morgan fingerprint density at radius 1 is 0.946 bits per heavy atom. The number of hydrogen-bond acceptors (Lipinski definition) is 5. The number of fused-ring (bicyclic) bond motifs is 1. The number of nitrogens with zero attached hydrogens (tertiary/aromatic N) is 3. The van der Waals surface area contributed by atoms with Crippen LogP contribution in [0.5, 0.6) is 0 Å². The fourth-order valence-corrected chi connectivity index (χ4v) is 5.75. The third-order valence-corrected chi connectivity index (χ3v) is 7.72. The van der Waals surface area contributed by atoms with E-state index >= 15 is 0 Å². The molecule has 2 aromatic carbocycles. The van der Waals surface area contributed by atoms with Crippen molar-refractivity contribution >= 4 is 11.8 Å². The van der Waals surface area contributed by atoms with E-state index in [1.165, 1.54) is 0 Å². The Hall–Kier alpha value is -3.48. The molecule has 5 rings (SSSR count). The fourth-order valence-electron chi connectivity index (χ4n) is 5.75. The normalized spacial score (nSPS) is 22.6. The molecule has 1 N–H and O–H groups in total. The highest BCUT2D eigenvalue weighted by atomic mass is 16.5. The van der Waals surface area contributed by atoms with Crippen molar-refractivity contribution in [1.29, 1.82) is 0 Å². The fraction of sp³-hybridized carbons (Fsp3) is 0.467. The molecule has 3 atom stereocenters. The minimum Gasteiger partial charge on any atom is -0.356 e. The second-order valence-corrected chi connectivity index (χ2v) is 10.3. The Bertz CT molecular complexity index is 1160. The maximum atomic E-state index is 13.6. The van der Waals surface area contributed by atoms with E-state index in [-0.39, 0.29) is 29.7 Å². The van der Waals surface area contributed by atoms with Crippen molar-refractivity contribution in [2.45, 2.75) is 69.7 Å². The zero-order valence-corrected chi connectivity index (χ0v) is 21.4. The van der Waals surface area contributed by atoms with Crippen LogP contribution in [-0.4, -0.2) is 46.0 Å². The van der Waals surface area contributed by atoms with Gasteiger partial charge in [-0.15, -0.1) is 0 Å². The van der Waals surface area contributed by atoms with Crippen LogP contribution in [0.25, 0.3) is 0 Å². The first-order chi connectivity index (χ1) is 18.2. The second kappa shape index (κ2) is 12.2. The van der Waals surface area contributed by atoms with Gasteiger partial charge in [-0.2, -0.15) is 4.98 Å². The van der Waals surface area contributed by atoms with Crippen LogP contribution in [0.4, 0.5) is 0 Å². The summed E-state index contributed by atoms with van der Waals surface area (Å²) >= 11 is 0. The van der Waals surface area contributed by atoms with E-state index < -0.39 is 0 Å². The first-order valence-electron chi connectivity index (χ1n) is 13.6. The number of aryl methyl sites for hydroxylation is 1. The first-order valence-corrected chi connectivity index (χ1v) is 13.6. The Balaban J connectivity index is 1.33. The molecule has 7 nitrogen and oxygen atoms in total. The highest BCUT2D eigenvalue weighted by Crippen LogP contribution is 2.41. The third-order valence-electron chi connectivity index (χ3n) is 7.72. The number of benzene rings is 2. The van der Waals surface area contributed by atoms with Crippen LogP contribution in [0, 0.1) is 5.92 Å². The van der Waals surface area contributed by atoms with E-state index in [0.717, 1.165) is 36.8 Å². The summed E-state index contributed by atoms with van der Waals surface area (Å²) in [5, 5.41) is 7.36. The summed E-state index contributed by atoms with van der Waals surface area (Å²) in [6, 6.07) is 20.0. The number of hydrogen-bond donors (Lipinski definition) is 1. The number of carbonyl (C=O) groups excluding carboxylic acids is 2. The van der Waals surface area contributed by atoms with Crippen molar-refractivity contribution in [2.24, 2.45) is 5.92 Å². The van der Waals surface area contributed by atoms with E-state index in [2.05, 4.69) is 22.6 Å². The van der Waals surface area contributed by atoms with E-state index in [1.54, 1.807) is 0 Å². The molecule has 2 aliphatic rings. The van der Waals surface area contributed by atoms with Gasteiger partial charge < -0.3 is 14.7 Å². The molecule has 1 saturated carbocycles. The Morgan fingerprint density at radius 3 is 2.46 bits per heavy atom. The number of aromatic nitrogens is 2. The largest absolute Gasteiger partial charge is 0.356 e. The predicted octanol–water partition coefficient (Wildman–Crippen LogP) is 4.67. The summed E-state index contributed by atoms with van der Waals surface area (Å²) in [7, 11) is 0. The zero-order valence-electron chi connectivity index (χ0n) is 21.4. The van der Waals surface area contributed by atoms with Gasteiger partial charge in [0.25, 0.3) is 0 Å². The van der Waals surface area contributed by atoms with Crippen molar-refractivity contribution in [3.05, 3.63) is 83.5 Å². The molecular weight excluding hydrogens is 464 g/mol.